The zero-order valence-corrected chi connectivity index (χ0v) is 17.1. The van der Waals surface area contributed by atoms with E-state index in [1.807, 2.05) is 48.5 Å². The van der Waals surface area contributed by atoms with E-state index in [9.17, 15) is 14.4 Å². The van der Waals surface area contributed by atoms with E-state index in [0.717, 1.165) is 22.3 Å². The maximum Gasteiger partial charge on any atom is 0.407 e. The Balaban J connectivity index is 1.43. The van der Waals surface area contributed by atoms with Crippen LogP contribution in [0.15, 0.2) is 61.1 Å². The quantitative estimate of drug-likeness (QED) is 0.429. The topological polar surface area (TPSA) is 133 Å². The van der Waals surface area contributed by atoms with Crippen LogP contribution in [0, 0.1) is 0 Å². The lowest BCUT2D eigenvalue weighted by molar-refractivity contribution is -0.138. The third-order valence-corrected chi connectivity index (χ3v) is 5.34. The van der Waals surface area contributed by atoms with E-state index < -0.39 is 30.6 Å². The van der Waals surface area contributed by atoms with Crippen LogP contribution in [0.1, 0.15) is 22.7 Å². The Morgan fingerprint density at radius 2 is 1.72 bits per heavy atom. The average molecular weight is 434 g/mol. The lowest BCUT2D eigenvalue weighted by Gasteiger charge is -2.19. The fraction of sp³-hybridized carbons (Fsp3) is 0.217. The number of ether oxygens (including phenoxy) is 1. The Labute approximate surface area is 183 Å². The third kappa shape index (κ3) is 4.61. The number of aromatic nitrogens is 2. The first-order valence-electron chi connectivity index (χ1n) is 10.1. The molecule has 1 aliphatic rings. The van der Waals surface area contributed by atoms with Crippen LogP contribution in [0.2, 0.25) is 0 Å². The van der Waals surface area contributed by atoms with E-state index in [-0.39, 0.29) is 18.9 Å². The van der Waals surface area contributed by atoms with Crippen molar-refractivity contribution in [2.45, 2.75) is 18.4 Å². The van der Waals surface area contributed by atoms with Crippen molar-refractivity contribution in [1.82, 2.24) is 20.6 Å². The van der Waals surface area contributed by atoms with Crippen molar-refractivity contribution in [3.05, 3.63) is 77.9 Å². The van der Waals surface area contributed by atoms with E-state index in [1.165, 1.54) is 12.5 Å². The summed E-state index contributed by atoms with van der Waals surface area (Å²) in [5.41, 5.74) is 4.99. The number of rotatable bonds is 8. The highest BCUT2D eigenvalue weighted by Crippen LogP contribution is 2.44. The molecule has 0 spiro atoms. The lowest BCUT2D eigenvalue weighted by atomic mass is 9.98. The van der Waals surface area contributed by atoms with Gasteiger partial charge in [0.15, 0.2) is 0 Å². The predicted octanol–water partition coefficient (Wildman–Crippen LogP) is 2.06. The van der Waals surface area contributed by atoms with Crippen LogP contribution in [0.5, 0.6) is 0 Å². The zero-order valence-electron chi connectivity index (χ0n) is 17.1. The van der Waals surface area contributed by atoms with Crippen LogP contribution in [-0.2, 0) is 20.7 Å². The molecule has 0 radical (unpaired) electrons. The summed E-state index contributed by atoms with van der Waals surface area (Å²) in [5, 5.41) is 13.6. The van der Waals surface area contributed by atoms with E-state index in [4.69, 9.17) is 9.84 Å². The van der Waals surface area contributed by atoms with Gasteiger partial charge in [-0.15, -0.1) is 0 Å². The average Bonchev–Trinajstić information content (AvgIpc) is 3.41. The van der Waals surface area contributed by atoms with Crippen molar-refractivity contribution in [1.29, 1.82) is 0 Å². The second-order valence-corrected chi connectivity index (χ2v) is 7.41. The maximum atomic E-state index is 12.5. The summed E-state index contributed by atoms with van der Waals surface area (Å²) in [5.74, 6) is -1.92. The predicted molar refractivity (Wildman–Crippen MR) is 115 cm³/mol. The zero-order chi connectivity index (χ0) is 22.5. The molecule has 4 N–H and O–H groups in total. The van der Waals surface area contributed by atoms with Crippen LogP contribution < -0.4 is 10.6 Å². The molecule has 1 heterocycles. The summed E-state index contributed by atoms with van der Waals surface area (Å²) in [4.78, 5) is 42.5. The molecule has 164 valence electrons. The molecule has 0 aliphatic heterocycles. The molecule has 3 aromatic rings. The van der Waals surface area contributed by atoms with Crippen molar-refractivity contribution >= 4 is 18.0 Å². The summed E-state index contributed by atoms with van der Waals surface area (Å²) >= 11 is 0. The summed E-state index contributed by atoms with van der Waals surface area (Å²) in [6.07, 6.45) is 2.32. The van der Waals surface area contributed by atoms with Gasteiger partial charge in [0.1, 0.15) is 19.2 Å². The number of aliphatic carboxylic acids is 1. The lowest BCUT2D eigenvalue weighted by Crippen LogP contribution is -2.49. The van der Waals surface area contributed by atoms with Gasteiger partial charge in [0.25, 0.3) is 0 Å². The second kappa shape index (κ2) is 9.34. The highest BCUT2D eigenvalue weighted by molar-refractivity contribution is 5.88. The van der Waals surface area contributed by atoms with Crippen LogP contribution in [-0.4, -0.2) is 52.2 Å². The Hall–Kier alpha value is -4.14. The number of H-pyrrole nitrogens is 1. The van der Waals surface area contributed by atoms with Gasteiger partial charge in [0.05, 0.1) is 6.33 Å². The smallest absolute Gasteiger partial charge is 0.407 e. The number of carbonyl (C=O) groups excluding carboxylic acids is 2. The maximum absolute atomic E-state index is 12.5. The minimum absolute atomic E-state index is 0.105. The molecule has 2 aromatic carbocycles. The Bertz CT molecular complexity index is 1080. The Kier molecular flexibility index (Phi) is 6.16. The van der Waals surface area contributed by atoms with Crippen LogP contribution in [0.25, 0.3) is 11.1 Å². The molecule has 1 aliphatic carbocycles. The molecule has 0 saturated heterocycles. The van der Waals surface area contributed by atoms with Crippen molar-refractivity contribution in [3.63, 3.8) is 0 Å². The number of nitrogens with zero attached hydrogens (tertiary/aromatic N) is 1. The van der Waals surface area contributed by atoms with E-state index in [1.54, 1.807) is 0 Å². The van der Waals surface area contributed by atoms with E-state index in [0.29, 0.717) is 5.69 Å². The molecule has 0 fully saturated rings. The van der Waals surface area contributed by atoms with Gasteiger partial charge in [-0.25, -0.2) is 9.78 Å². The molecular weight excluding hydrogens is 412 g/mol. The van der Waals surface area contributed by atoms with E-state index >= 15 is 0 Å². The standard InChI is InChI=1S/C23H22N4O5/c28-21(29)11-25-22(30)20(9-14-10-24-13-26-14)27-23(31)32-12-19-17-7-3-1-5-15(17)16-6-2-4-8-18(16)19/h1-8,10,13,19-20H,9,11-12H2,(H,24,26)(H,25,30)(H,27,31)(H,28,29)/t20-/m0/s1. The molecule has 9 heteroatoms. The number of carbonyl (C=O) groups is 3. The molecule has 1 atom stereocenters. The minimum atomic E-state index is -1.18. The van der Waals surface area contributed by atoms with Gasteiger partial charge in [-0.3, -0.25) is 9.59 Å². The molecule has 4 rings (SSSR count). The number of carboxylic acid groups (broad SMARTS) is 1. The molecule has 1 aromatic heterocycles. The van der Waals surface area contributed by atoms with Gasteiger partial charge in [-0.1, -0.05) is 48.5 Å². The number of aromatic amines is 1. The first kappa shape index (κ1) is 21.1. The molecule has 2 amide bonds. The monoisotopic (exact) mass is 434 g/mol. The first-order valence-corrected chi connectivity index (χ1v) is 10.1. The normalized spacial score (nSPS) is 13.0. The Morgan fingerprint density at radius 3 is 2.31 bits per heavy atom. The fourth-order valence-electron chi connectivity index (χ4n) is 3.89. The highest BCUT2D eigenvalue weighted by Gasteiger charge is 2.30. The molecular formula is C23H22N4O5. The number of nitrogens with one attached hydrogen (secondary N) is 3. The number of alkyl carbamates (subject to hydrolysis) is 1. The fourth-order valence-corrected chi connectivity index (χ4v) is 3.89. The van der Waals surface area contributed by atoms with Crippen LogP contribution in [0.3, 0.4) is 0 Å². The van der Waals surface area contributed by atoms with Gasteiger partial charge in [-0.2, -0.15) is 0 Å². The van der Waals surface area contributed by atoms with Crippen molar-refractivity contribution in [2.24, 2.45) is 0 Å². The summed E-state index contributed by atoms with van der Waals surface area (Å²) in [6, 6.07) is 14.9. The van der Waals surface area contributed by atoms with Crippen LogP contribution in [0.4, 0.5) is 4.79 Å². The van der Waals surface area contributed by atoms with Gasteiger partial charge >= 0.3 is 12.1 Å². The number of hydrogen-bond acceptors (Lipinski definition) is 5. The number of amides is 2. The molecule has 0 bridgehead atoms. The molecule has 0 saturated carbocycles. The first-order chi connectivity index (χ1) is 15.5. The number of hydrogen-bond donors (Lipinski definition) is 4. The number of imidazole rings is 1. The van der Waals surface area contributed by atoms with Crippen molar-refractivity contribution in [3.8, 4) is 11.1 Å². The van der Waals surface area contributed by atoms with Crippen molar-refractivity contribution in [2.75, 3.05) is 13.2 Å². The second-order valence-electron chi connectivity index (χ2n) is 7.41. The number of fused-ring (bicyclic) bond motifs is 3. The van der Waals surface area contributed by atoms with E-state index in [2.05, 4.69) is 20.6 Å². The van der Waals surface area contributed by atoms with Gasteiger partial charge in [0, 0.05) is 24.2 Å². The number of benzene rings is 2. The van der Waals surface area contributed by atoms with Crippen LogP contribution >= 0.6 is 0 Å². The SMILES string of the molecule is O=C(O)CNC(=O)[C@H](Cc1cnc[nH]1)NC(=O)OCC1c2ccccc2-c2ccccc21. The molecule has 32 heavy (non-hydrogen) atoms. The van der Waals surface area contributed by atoms with Gasteiger partial charge in [-0.05, 0) is 22.3 Å². The van der Waals surface area contributed by atoms with Crippen molar-refractivity contribution < 1.29 is 24.2 Å². The molecule has 0 unspecified atom stereocenters. The Morgan fingerprint density at radius 1 is 1.06 bits per heavy atom. The highest BCUT2D eigenvalue weighted by atomic mass is 16.5. The largest absolute Gasteiger partial charge is 0.480 e. The summed E-state index contributed by atoms with van der Waals surface area (Å²) < 4.78 is 5.49. The summed E-state index contributed by atoms with van der Waals surface area (Å²) in [6.45, 7) is -0.446. The summed E-state index contributed by atoms with van der Waals surface area (Å²) in [7, 11) is 0. The number of carboxylic acids is 1. The molecule has 9 nitrogen and oxygen atoms in total. The minimum Gasteiger partial charge on any atom is -0.480 e. The third-order valence-electron chi connectivity index (χ3n) is 5.34. The van der Waals surface area contributed by atoms with Gasteiger partial charge < -0.3 is 25.5 Å². The van der Waals surface area contributed by atoms with Gasteiger partial charge in [0.2, 0.25) is 5.91 Å².